The molecule has 7 heteroatoms. The number of hydrogen-bond donors (Lipinski definition) is 0. The number of sulfonamides is 1. The molecule has 0 aliphatic carbocycles. The molecule has 2 aromatic rings. The highest BCUT2D eigenvalue weighted by molar-refractivity contribution is 7.89. The van der Waals surface area contributed by atoms with E-state index in [9.17, 15) is 13.2 Å². The van der Waals surface area contributed by atoms with Gasteiger partial charge in [0.1, 0.15) is 0 Å². The maximum Gasteiger partial charge on any atom is 0.253 e. The molecule has 3 rings (SSSR count). The highest BCUT2D eigenvalue weighted by atomic mass is 35.5. The van der Waals surface area contributed by atoms with E-state index in [0.717, 1.165) is 18.4 Å². The molecule has 2 aromatic carbocycles. The molecule has 1 heterocycles. The Morgan fingerprint density at radius 1 is 1.12 bits per heavy atom. The SMILES string of the molecule is CN(Cc1cccc(Cl)c1)C(=O)c1cccc(S(=O)(=O)N2CCCC2)c1. The van der Waals surface area contributed by atoms with E-state index >= 15 is 0 Å². The quantitative estimate of drug-likeness (QED) is 0.783. The Morgan fingerprint density at radius 2 is 1.81 bits per heavy atom. The number of hydrogen-bond acceptors (Lipinski definition) is 3. The molecule has 5 nitrogen and oxygen atoms in total. The second kappa shape index (κ2) is 7.78. The van der Waals surface area contributed by atoms with Gasteiger partial charge in [-0.3, -0.25) is 4.79 Å². The summed E-state index contributed by atoms with van der Waals surface area (Å²) in [5.41, 5.74) is 1.27. The molecule has 1 saturated heterocycles. The van der Waals surface area contributed by atoms with Crippen LogP contribution in [0.1, 0.15) is 28.8 Å². The highest BCUT2D eigenvalue weighted by Gasteiger charge is 2.27. The van der Waals surface area contributed by atoms with E-state index in [0.29, 0.717) is 30.2 Å². The molecule has 0 atom stereocenters. The minimum Gasteiger partial charge on any atom is -0.337 e. The summed E-state index contributed by atoms with van der Waals surface area (Å²) in [7, 11) is -1.85. The van der Waals surface area contributed by atoms with Crippen molar-refractivity contribution < 1.29 is 13.2 Å². The van der Waals surface area contributed by atoms with Gasteiger partial charge in [-0.1, -0.05) is 29.8 Å². The molecular formula is C19H21ClN2O3S. The van der Waals surface area contributed by atoms with Crippen molar-refractivity contribution in [1.82, 2.24) is 9.21 Å². The first-order valence-electron chi connectivity index (χ1n) is 8.48. The van der Waals surface area contributed by atoms with E-state index in [2.05, 4.69) is 0 Å². The van der Waals surface area contributed by atoms with Crippen molar-refractivity contribution in [1.29, 1.82) is 0 Å². The minimum absolute atomic E-state index is 0.168. The zero-order valence-corrected chi connectivity index (χ0v) is 16.1. The van der Waals surface area contributed by atoms with E-state index in [1.807, 2.05) is 12.1 Å². The van der Waals surface area contributed by atoms with Gasteiger partial charge < -0.3 is 4.90 Å². The van der Waals surface area contributed by atoms with Crippen LogP contribution in [0.4, 0.5) is 0 Å². The summed E-state index contributed by atoms with van der Waals surface area (Å²) in [5, 5.41) is 0.613. The van der Waals surface area contributed by atoms with Crippen molar-refractivity contribution in [2.45, 2.75) is 24.3 Å². The summed E-state index contributed by atoms with van der Waals surface area (Å²) >= 11 is 5.98. The van der Waals surface area contributed by atoms with Crippen molar-refractivity contribution in [2.75, 3.05) is 20.1 Å². The smallest absolute Gasteiger partial charge is 0.253 e. The average Bonchev–Trinajstić information content (AvgIpc) is 3.16. The van der Waals surface area contributed by atoms with Gasteiger partial charge in [-0.25, -0.2) is 8.42 Å². The number of halogens is 1. The molecule has 0 N–H and O–H groups in total. The summed E-state index contributed by atoms with van der Waals surface area (Å²) in [6.07, 6.45) is 1.75. The molecule has 0 saturated carbocycles. The number of benzene rings is 2. The zero-order valence-electron chi connectivity index (χ0n) is 14.6. The van der Waals surface area contributed by atoms with E-state index in [4.69, 9.17) is 11.6 Å². The first-order valence-corrected chi connectivity index (χ1v) is 10.3. The molecule has 0 aromatic heterocycles. The molecule has 1 aliphatic heterocycles. The Bertz CT molecular complexity index is 909. The second-order valence-electron chi connectivity index (χ2n) is 6.43. The van der Waals surface area contributed by atoms with Crippen molar-refractivity contribution in [2.24, 2.45) is 0 Å². The van der Waals surface area contributed by atoms with Crippen LogP contribution < -0.4 is 0 Å². The molecule has 26 heavy (non-hydrogen) atoms. The van der Waals surface area contributed by atoms with Crippen molar-refractivity contribution >= 4 is 27.5 Å². The number of carbonyl (C=O) groups excluding carboxylic acids is 1. The minimum atomic E-state index is -3.54. The third-order valence-corrected chi connectivity index (χ3v) is 6.57. The van der Waals surface area contributed by atoms with E-state index in [1.165, 1.54) is 10.4 Å². The monoisotopic (exact) mass is 392 g/mol. The van der Waals surface area contributed by atoms with Gasteiger partial charge in [0.05, 0.1) is 4.90 Å². The normalized spacial score (nSPS) is 15.2. The van der Waals surface area contributed by atoms with Gasteiger partial charge in [-0.2, -0.15) is 4.31 Å². The molecule has 1 fully saturated rings. The average molecular weight is 393 g/mol. The van der Waals surface area contributed by atoms with Gasteiger partial charge >= 0.3 is 0 Å². The lowest BCUT2D eigenvalue weighted by molar-refractivity contribution is 0.0785. The fourth-order valence-electron chi connectivity index (χ4n) is 3.07. The van der Waals surface area contributed by atoms with Gasteiger partial charge in [0.25, 0.3) is 5.91 Å². The Labute approximate surface area is 159 Å². The van der Waals surface area contributed by atoms with Crippen molar-refractivity contribution in [3.63, 3.8) is 0 Å². The van der Waals surface area contributed by atoms with E-state index < -0.39 is 10.0 Å². The summed E-state index contributed by atoms with van der Waals surface area (Å²) in [4.78, 5) is 14.4. The topological polar surface area (TPSA) is 57.7 Å². The van der Waals surface area contributed by atoms with Gasteiger partial charge in [-0.05, 0) is 48.7 Å². The van der Waals surface area contributed by atoms with Gasteiger partial charge in [-0.15, -0.1) is 0 Å². The predicted molar refractivity (Wildman–Crippen MR) is 102 cm³/mol. The van der Waals surface area contributed by atoms with Crippen LogP contribution in [-0.4, -0.2) is 43.7 Å². The summed E-state index contributed by atoms with van der Waals surface area (Å²) in [6, 6.07) is 13.6. The predicted octanol–water partition coefficient (Wildman–Crippen LogP) is 3.40. The van der Waals surface area contributed by atoms with Crippen LogP contribution in [0.15, 0.2) is 53.4 Å². The molecule has 0 unspecified atom stereocenters. The Hall–Kier alpha value is -1.89. The molecule has 138 valence electrons. The summed E-state index contributed by atoms with van der Waals surface area (Å²) in [6.45, 7) is 1.47. The van der Waals surface area contributed by atoms with Crippen molar-refractivity contribution in [3.8, 4) is 0 Å². The second-order valence-corrected chi connectivity index (χ2v) is 8.80. The fraction of sp³-hybridized carbons (Fsp3) is 0.316. The highest BCUT2D eigenvalue weighted by Crippen LogP contribution is 2.22. The van der Waals surface area contributed by atoms with Gasteiger partial charge in [0.15, 0.2) is 0 Å². The first kappa shape index (κ1) is 18.9. The van der Waals surface area contributed by atoms with E-state index in [-0.39, 0.29) is 10.8 Å². The van der Waals surface area contributed by atoms with Crippen LogP contribution in [0.3, 0.4) is 0 Å². The lowest BCUT2D eigenvalue weighted by Gasteiger charge is -2.19. The van der Waals surface area contributed by atoms with E-state index in [1.54, 1.807) is 42.3 Å². The lowest BCUT2D eigenvalue weighted by atomic mass is 10.1. The molecule has 0 radical (unpaired) electrons. The Kier molecular flexibility index (Phi) is 5.65. The molecule has 1 amide bonds. The van der Waals surface area contributed by atoms with Crippen LogP contribution in [0.25, 0.3) is 0 Å². The maximum absolute atomic E-state index is 12.7. The number of nitrogens with zero attached hydrogens (tertiary/aromatic N) is 2. The zero-order chi connectivity index (χ0) is 18.7. The third kappa shape index (κ3) is 4.09. The van der Waals surface area contributed by atoms with Gasteiger partial charge in [0, 0.05) is 37.3 Å². The lowest BCUT2D eigenvalue weighted by Crippen LogP contribution is -2.29. The maximum atomic E-state index is 12.7. The van der Waals surface area contributed by atoms with Crippen LogP contribution in [0, 0.1) is 0 Å². The summed E-state index contributed by atoms with van der Waals surface area (Å²) in [5.74, 6) is -0.233. The van der Waals surface area contributed by atoms with Gasteiger partial charge in [0.2, 0.25) is 10.0 Å². The Morgan fingerprint density at radius 3 is 2.50 bits per heavy atom. The molecule has 1 aliphatic rings. The Balaban J connectivity index is 1.79. The van der Waals surface area contributed by atoms with Crippen LogP contribution >= 0.6 is 11.6 Å². The standard InChI is InChI=1S/C19H21ClN2O3S/c1-21(14-15-6-4-8-17(20)12-15)19(23)16-7-5-9-18(13-16)26(24,25)22-10-2-3-11-22/h4-9,12-13H,2-3,10-11,14H2,1H3. The molecule has 0 bridgehead atoms. The largest absolute Gasteiger partial charge is 0.337 e. The number of amides is 1. The van der Waals surface area contributed by atoms with Crippen LogP contribution in [0.5, 0.6) is 0 Å². The molecular weight excluding hydrogens is 372 g/mol. The molecule has 0 spiro atoms. The number of carbonyl (C=O) groups is 1. The summed E-state index contributed by atoms with van der Waals surface area (Å²) < 4.78 is 26.9. The fourth-order valence-corrected chi connectivity index (χ4v) is 4.84. The first-order chi connectivity index (χ1) is 12.4. The number of rotatable bonds is 5. The van der Waals surface area contributed by atoms with Crippen LogP contribution in [-0.2, 0) is 16.6 Å². The van der Waals surface area contributed by atoms with Crippen LogP contribution in [0.2, 0.25) is 5.02 Å². The van der Waals surface area contributed by atoms with Crippen molar-refractivity contribution in [3.05, 3.63) is 64.7 Å². The third-order valence-electron chi connectivity index (χ3n) is 4.44.